The molecule has 3 rings (SSSR count). The molecule has 0 bridgehead atoms. The van der Waals surface area contributed by atoms with E-state index in [1.54, 1.807) is 6.08 Å². The van der Waals surface area contributed by atoms with Crippen LogP contribution in [0.25, 0.3) is 17.0 Å². The van der Waals surface area contributed by atoms with Gasteiger partial charge < -0.3 is 21.8 Å². The Labute approximate surface area is 159 Å². The van der Waals surface area contributed by atoms with Crippen LogP contribution in [0.4, 0.5) is 0 Å². The van der Waals surface area contributed by atoms with Gasteiger partial charge in [-0.15, -0.1) is 0 Å². The third kappa shape index (κ3) is 4.13. The number of benzene rings is 1. The minimum absolute atomic E-state index is 0.0325. The van der Waals surface area contributed by atoms with Crippen LogP contribution >= 0.6 is 15.9 Å². The number of piperidine rings is 1. The van der Waals surface area contributed by atoms with Crippen molar-refractivity contribution in [1.82, 2.24) is 10.3 Å². The van der Waals surface area contributed by atoms with E-state index in [0.717, 1.165) is 20.9 Å². The first kappa shape index (κ1) is 18.2. The topological polar surface area (TPSA) is 126 Å². The molecule has 1 aromatic carbocycles. The summed E-state index contributed by atoms with van der Waals surface area (Å²) in [4.78, 5) is 31.8. The fourth-order valence-electron chi connectivity index (χ4n) is 3.02. The number of carbonyl (C=O) groups is 2. The van der Waals surface area contributed by atoms with Gasteiger partial charge in [0, 0.05) is 46.0 Å². The van der Waals surface area contributed by atoms with E-state index in [4.69, 9.17) is 11.5 Å². The number of rotatable bonds is 5. The lowest BCUT2D eigenvalue weighted by Crippen LogP contribution is -2.40. The molecule has 1 amide bonds. The largest absolute Gasteiger partial charge is 0.370 e. The number of aromatic nitrogens is 1. The molecule has 1 aliphatic rings. The summed E-state index contributed by atoms with van der Waals surface area (Å²) in [5.41, 5.74) is 12.7. The molecule has 0 aliphatic carbocycles. The predicted molar refractivity (Wildman–Crippen MR) is 105 cm³/mol. The van der Waals surface area contributed by atoms with Gasteiger partial charge in [0.15, 0.2) is 11.7 Å². The van der Waals surface area contributed by atoms with Crippen LogP contribution in [0.1, 0.15) is 24.8 Å². The summed E-state index contributed by atoms with van der Waals surface area (Å²) in [5.74, 6) is -0.510. The number of amides is 1. The van der Waals surface area contributed by atoms with E-state index < -0.39 is 0 Å². The second-order valence-electron chi connectivity index (χ2n) is 6.25. The van der Waals surface area contributed by atoms with Crippen molar-refractivity contribution in [3.8, 4) is 0 Å². The molecule has 7 nitrogen and oxygen atoms in total. The Morgan fingerprint density at radius 1 is 1.35 bits per heavy atom. The minimum Gasteiger partial charge on any atom is -0.370 e. The van der Waals surface area contributed by atoms with E-state index in [2.05, 4.69) is 31.2 Å². The average Bonchev–Trinajstić information content (AvgIpc) is 2.97. The zero-order chi connectivity index (χ0) is 18.7. The summed E-state index contributed by atoms with van der Waals surface area (Å²) < 4.78 is 0.969. The molecule has 26 heavy (non-hydrogen) atoms. The Hall–Kier alpha value is -2.61. The zero-order valence-corrected chi connectivity index (χ0v) is 15.7. The number of hydrogen-bond acceptors (Lipinski definition) is 3. The molecular formula is C18H20BrN5O2. The van der Waals surface area contributed by atoms with Crippen molar-refractivity contribution in [2.75, 3.05) is 6.54 Å². The Balaban J connectivity index is 1.70. The van der Waals surface area contributed by atoms with Crippen molar-refractivity contribution in [1.29, 1.82) is 0 Å². The third-order valence-electron chi connectivity index (χ3n) is 4.34. The molecule has 8 heteroatoms. The van der Waals surface area contributed by atoms with Crippen molar-refractivity contribution in [2.24, 2.45) is 22.4 Å². The van der Waals surface area contributed by atoms with E-state index in [0.29, 0.717) is 25.1 Å². The molecule has 0 saturated carbocycles. The summed E-state index contributed by atoms with van der Waals surface area (Å²) in [6.07, 6.45) is 4.98. The van der Waals surface area contributed by atoms with Gasteiger partial charge in [0.1, 0.15) is 0 Å². The normalized spacial score (nSPS) is 19.0. The molecule has 0 spiro atoms. The summed E-state index contributed by atoms with van der Waals surface area (Å²) in [6.45, 7) is 0.452. The molecule has 0 radical (unpaired) electrons. The number of nitrogens with zero attached hydrogens (tertiary/aromatic N) is 1. The molecule has 1 atom stereocenters. The average molecular weight is 418 g/mol. The van der Waals surface area contributed by atoms with Gasteiger partial charge in [0.2, 0.25) is 5.91 Å². The van der Waals surface area contributed by atoms with Gasteiger partial charge in [-0.2, -0.15) is 0 Å². The highest BCUT2D eigenvalue weighted by atomic mass is 79.9. The molecule has 1 aromatic heterocycles. The van der Waals surface area contributed by atoms with Crippen LogP contribution < -0.4 is 16.8 Å². The summed E-state index contributed by atoms with van der Waals surface area (Å²) in [7, 11) is 0. The second-order valence-corrected chi connectivity index (χ2v) is 7.17. The highest BCUT2D eigenvalue weighted by Crippen LogP contribution is 2.26. The lowest BCUT2D eigenvalue weighted by molar-refractivity contribution is -0.131. The van der Waals surface area contributed by atoms with Crippen molar-refractivity contribution in [3.05, 3.63) is 40.1 Å². The smallest absolute Gasteiger partial charge is 0.228 e. The Kier molecular flexibility index (Phi) is 5.41. The number of H-pyrrole nitrogens is 1. The molecule has 2 aromatic rings. The maximum Gasteiger partial charge on any atom is 0.228 e. The zero-order valence-electron chi connectivity index (χ0n) is 14.1. The van der Waals surface area contributed by atoms with Gasteiger partial charge >= 0.3 is 0 Å². The number of Topliss-reactive ketones (excluding diaryl/α,β-unsaturated/α-hetero) is 1. The monoisotopic (exact) mass is 417 g/mol. The van der Waals surface area contributed by atoms with Crippen molar-refractivity contribution >= 4 is 50.6 Å². The Bertz CT molecular complexity index is 911. The van der Waals surface area contributed by atoms with E-state index in [9.17, 15) is 9.59 Å². The van der Waals surface area contributed by atoms with Gasteiger partial charge in [0.25, 0.3) is 0 Å². The van der Waals surface area contributed by atoms with Gasteiger partial charge in [-0.25, -0.2) is 0 Å². The maximum absolute atomic E-state index is 12.4. The number of guanidine groups is 1. The predicted octanol–water partition coefficient (Wildman–Crippen LogP) is 2.03. The molecule has 136 valence electrons. The first-order valence-electron chi connectivity index (χ1n) is 8.32. The molecule has 1 unspecified atom stereocenters. The van der Waals surface area contributed by atoms with Gasteiger partial charge in [0.05, 0.1) is 5.70 Å². The first-order chi connectivity index (χ1) is 12.4. The van der Waals surface area contributed by atoms with E-state index in [1.807, 2.05) is 24.4 Å². The molecule has 6 N–H and O–H groups in total. The van der Waals surface area contributed by atoms with Crippen LogP contribution in [0.2, 0.25) is 0 Å². The number of halogens is 1. The van der Waals surface area contributed by atoms with Crippen LogP contribution in [0.15, 0.2) is 39.6 Å². The molecule has 1 saturated heterocycles. The van der Waals surface area contributed by atoms with Crippen LogP contribution in [-0.2, 0) is 9.59 Å². The molecular weight excluding hydrogens is 398 g/mol. The van der Waals surface area contributed by atoms with Gasteiger partial charge in [-0.1, -0.05) is 22.0 Å². The van der Waals surface area contributed by atoms with Crippen molar-refractivity contribution in [3.63, 3.8) is 0 Å². The van der Waals surface area contributed by atoms with Crippen LogP contribution in [0.3, 0.4) is 0 Å². The van der Waals surface area contributed by atoms with Gasteiger partial charge in [-0.05, 0) is 31.1 Å². The number of fused-ring (bicyclic) bond motifs is 1. The van der Waals surface area contributed by atoms with Gasteiger partial charge in [-0.3, -0.25) is 14.6 Å². The fraction of sp³-hybridized carbons (Fsp3) is 0.278. The summed E-state index contributed by atoms with van der Waals surface area (Å²) in [6, 6.07) is 5.86. The van der Waals surface area contributed by atoms with Crippen molar-refractivity contribution < 1.29 is 9.59 Å². The summed E-state index contributed by atoms with van der Waals surface area (Å²) >= 11 is 3.43. The SMILES string of the molecule is NC(N)=NCCCC1CC(=O)/C(=C/c2c[nH]c3cc(Br)ccc23)NC1=O. The maximum atomic E-state index is 12.4. The first-order valence-corrected chi connectivity index (χ1v) is 9.11. The van der Waals surface area contributed by atoms with E-state index >= 15 is 0 Å². The number of hydrogen-bond donors (Lipinski definition) is 4. The number of allylic oxidation sites excluding steroid dienone is 1. The minimum atomic E-state index is -0.340. The van der Waals surface area contributed by atoms with Crippen LogP contribution in [0.5, 0.6) is 0 Å². The van der Waals surface area contributed by atoms with Crippen LogP contribution in [-0.4, -0.2) is 29.2 Å². The van der Waals surface area contributed by atoms with Crippen molar-refractivity contribution in [2.45, 2.75) is 19.3 Å². The number of aromatic amines is 1. The Morgan fingerprint density at radius 3 is 2.92 bits per heavy atom. The van der Waals surface area contributed by atoms with Crippen LogP contribution in [0, 0.1) is 5.92 Å². The Morgan fingerprint density at radius 2 is 2.15 bits per heavy atom. The second kappa shape index (κ2) is 7.74. The lowest BCUT2D eigenvalue weighted by Gasteiger charge is -2.22. The highest BCUT2D eigenvalue weighted by molar-refractivity contribution is 9.10. The quantitative estimate of drug-likeness (QED) is 0.257. The van der Waals surface area contributed by atoms with E-state index in [1.165, 1.54) is 0 Å². The summed E-state index contributed by atoms with van der Waals surface area (Å²) in [5, 5.41) is 3.73. The molecule has 1 aliphatic heterocycles. The highest BCUT2D eigenvalue weighted by Gasteiger charge is 2.30. The lowest BCUT2D eigenvalue weighted by atomic mass is 9.91. The number of nitrogens with two attached hydrogens (primary N) is 2. The third-order valence-corrected chi connectivity index (χ3v) is 4.83. The standard InChI is InChI=1S/C18H20BrN5O2/c19-12-3-4-13-11(9-23-14(13)8-12)6-15-16(25)7-10(17(26)24-15)2-1-5-22-18(20)21/h3-4,6,8-10,23H,1-2,5,7H2,(H,24,26)(H4,20,21,22)/b15-6-. The fourth-order valence-corrected chi connectivity index (χ4v) is 3.38. The number of aliphatic imine (C=N–C) groups is 1. The van der Waals surface area contributed by atoms with E-state index in [-0.39, 0.29) is 30.0 Å². The number of ketones is 1. The number of carbonyl (C=O) groups excluding carboxylic acids is 2. The number of nitrogens with one attached hydrogen (secondary N) is 2. The molecule has 2 heterocycles. The molecule has 1 fully saturated rings.